The monoisotopic (exact) mass is 298 g/mol. The number of methoxy groups -OCH3 is 1. The van der Waals surface area contributed by atoms with Crippen LogP contribution in [0.3, 0.4) is 0 Å². The number of anilines is 1. The van der Waals surface area contributed by atoms with Crippen LogP contribution in [0.2, 0.25) is 5.02 Å². The van der Waals surface area contributed by atoms with Gasteiger partial charge in [-0.15, -0.1) is 0 Å². The van der Waals surface area contributed by atoms with Crippen molar-refractivity contribution in [3.63, 3.8) is 0 Å². The van der Waals surface area contributed by atoms with E-state index >= 15 is 0 Å². The molecule has 1 N–H and O–H groups in total. The van der Waals surface area contributed by atoms with Crippen LogP contribution in [0.25, 0.3) is 0 Å². The summed E-state index contributed by atoms with van der Waals surface area (Å²) in [5, 5.41) is 3.95. The van der Waals surface area contributed by atoms with E-state index in [-0.39, 0.29) is 11.9 Å². The third kappa shape index (κ3) is 4.39. The van der Waals surface area contributed by atoms with E-state index in [9.17, 15) is 4.79 Å². The molecular formula is C15H23ClN2O2. The maximum absolute atomic E-state index is 12.0. The van der Waals surface area contributed by atoms with Gasteiger partial charge in [-0.25, -0.2) is 0 Å². The van der Waals surface area contributed by atoms with Crippen molar-refractivity contribution in [3.8, 4) is 0 Å². The average Bonchev–Trinajstić information content (AvgIpc) is 2.39. The van der Waals surface area contributed by atoms with Crippen LogP contribution in [-0.2, 0) is 4.74 Å². The molecular weight excluding hydrogens is 276 g/mol. The number of amides is 1. The molecule has 0 aliphatic heterocycles. The number of ether oxygens (including phenoxy) is 1. The minimum absolute atomic E-state index is 0.0439. The van der Waals surface area contributed by atoms with E-state index in [0.717, 1.165) is 5.69 Å². The number of benzene rings is 1. The van der Waals surface area contributed by atoms with E-state index < -0.39 is 0 Å². The number of nitrogens with one attached hydrogen (secondary N) is 1. The van der Waals surface area contributed by atoms with Crippen molar-refractivity contribution in [1.82, 2.24) is 4.90 Å². The summed E-state index contributed by atoms with van der Waals surface area (Å²) < 4.78 is 5.21. The van der Waals surface area contributed by atoms with Crippen LogP contribution in [0, 0.1) is 5.92 Å². The molecule has 0 aliphatic rings. The smallest absolute Gasteiger partial charge is 0.253 e. The minimum Gasteiger partial charge on any atom is -0.383 e. The van der Waals surface area contributed by atoms with Crippen LogP contribution in [-0.4, -0.2) is 44.7 Å². The first-order valence-electron chi connectivity index (χ1n) is 6.63. The molecule has 0 radical (unpaired) electrons. The Morgan fingerprint density at radius 3 is 2.55 bits per heavy atom. The highest BCUT2D eigenvalue weighted by Crippen LogP contribution is 2.25. The van der Waals surface area contributed by atoms with Crippen molar-refractivity contribution in [3.05, 3.63) is 28.8 Å². The Kier molecular flexibility index (Phi) is 6.30. The summed E-state index contributed by atoms with van der Waals surface area (Å²) in [6, 6.07) is 5.40. The van der Waals surface area contributed by atoms with Gasteiger partial charge in [0.15, 0.2) is 0 Å². The van der Waals surface area contributed by atoms with E-state index in [4.69, 9.17) is 16.3 Å². The predicted octanol–water partition coefficient (Wildman–Crippen LogP) is 3.12. The lowest BCUT2D eigenvalue weighted by molar-refractivity contribution is 0.0827. The molecule has 5 heteroatoms. The Balaban J connectivity index is 2.99. The first-order valence-corrected chi connectivity index (χ1v) is 7.01. The number of hydrogen-bond acceptors (Lipinski definition) is 3. The lowest BCUT2D eigenvalue weighted by atomic mass is 10.0. The fraction of sp³-hybridized carbons (Fsp3) is 0.533. The fourth-order valence-corrected chi connectivity index (χ4v) is 1.98. The molecule has 0 aliphatic carbocycles. The largest absolute Gasteiger partial charge is 0.383 e. The van der Waals surface area contributed by atoms with Gasteiger partial charge >= 0.3 is 0 Å². The highest BCUT2D eigenvalue weighted by molar-refractivity contribution is 6.33. The molecule has 1 amide bonds. The van der Waals surface area contributed by atoms with Gasteiger partial charge in [-0.05, 0) is 24.1 Å². The van der Waals surface area contributed by atoms with Gasteiger partial charge < -0.3 is 15.0 Å². The number of carbonyl (C=O) groups excluding carboxylic acids is 1. The van der Waals surface area contributed by atoms with Crippen molar-refractivity contribution in [1.29, 1.82) is 0 Å². The molecule has 1 unspecified atom stereocenters. The molecule has 1 rings (SSSR count). The van der Waals surface area contributed by atoms with Crippen molar-refractivity contribution in [2.24, 2.45) is 5.92 Å². The maximum atomic E-state index is 12.0. The quantitative estimate of drug-likeness (QED) is 0.877. The minimum atomic E-state index is -0.0439. The Labute approximate surface area is 126 Å². The summed E-state index contributed by atoms with van der Waals surface area (Å²) in [6.07, 6.45) is 0. The number of carbonyl (C=O) groups is 1. The topological polar surface area (TPSA) is 41.6 Å². The summed E-state index contributed by atoms with van der Waals surface area (Å²) >= 11 is 6.20. The molecule has 0 aromatic heterocycles. The third-order valence-electron chi connectivity index (χ3n) is 3.11. The van der Waals surface area contributed by atoms with Crippen LogP contribution in [0.1, 0.15) is 24.2 Å². The van der Waals surface area contributed by atoms with Crippen LogP contribution in [0.5, 0.6) is 0 Å². The predicted molar refractivity (Wildman–Crippen MR) is 83.6 cm³/mol. The molecule has 0 saturated carbocycles. The second kappa shape index (κ2) is 7.50. The van der Waals surface area contributed by atoms with E-state index in [1.54, 1.807) is 44.3 Å². The van der Waals surface area contributed by atoms with Gasteiger partial charge in [-0.3, -0.25) is 4.79 Å². The van der Waals surface area contributed by atoms with Crippen LogP contribution < -0.4 is 5.32 Å². The number of halogens is 1. The molecule has 112 valence electrons. The average molecular weight is 299 g/mol. The maximum Gasteiger partial charge on any atom is 0.253 e. The summed E-state index contributed by atoms with van der Waals surface area (Å²) in [5.41, 5.74) is 1.37. The normalized spacial score (nSPS) is 12.3. The second-order valence-electron chi connectivity index (χ2n) is 5.34. The zero-order chi connectivity index (χ0) is 15.3. The molecule has 4 nitrogen and oxygen atoms in total. The van der Waals surface area contributed by atoms with Gasteiger partial charge in [-0.2, -0.15) is 0 Å². The number of hydrogen-bond donors (Lipinski definition) is 1. The Bertz CT molecular complexity index is 461. The van der Waals surface area contributed by atoms with Crippen molar-refractivity contribution in [2.45, 2.75) is 19.9 Å². The second-order valence-corrected chi connectivity index (χ2v) is 5.75. The van der Waals surface area contributed by atoms with E-state index in [0.29, 0.717) is 23.1 Å². The van der Waals surface area contributed by atoms with Crippen LogP contribution in [0.4, 0.5) is 5.69 Å². The molecule has 0 bridgehead atoms. The van der Waals surface area contributed by atoms with Crippen molar-refractivity contribution < 1.29 is 9.53 Å². The van der Waals surface area contributed by atoms with Crippen LogP contribution in [0.15, 0.2) is 18.2 Å². The Morgan fingerprint density at radius 2 is 2.05 bits per heavy atom. The lowest BCUT2D eigenvalue weighted by Crippen LogP contribution is -2.30. The molecule has 1 aromatic rings. The fourth-order valence-electron chi connectivity index (χ4n) is 1.81. The summed E-state index contributed by atoms with van der Waals surface area (Å²) in [6.45, 7) is 4.80. The SMILES string of the molecule is COCC(Nc1cc(C(=O)N(C)C)ccc1Cl)C(C)C. The molecule has 0 spiro atoms. The summed E-state index contributed by atoms with van der Waals surface area (Å²) in [5.74, 6) is 0.344. The number of nitrogens with zero attached hydrogens (tertiary/aromatic N) is 1. The first kappa shape index (κ1) is 16.8. The summed E-state index contributed by atoms with van der Waals surface area (Å²) in [7, 11) is 5.13. The van der Waals surface area contributed by atoms with E-state index in [1.807, 2.05) is 0 Å². The molecule has 0 heterocycles. The molecule has 1 atom stereocenters. The van der Waals surface area contributed by atoms with Gasteiger partial charge in [-0.1, -0.05) is 25.4 Å². The first-order chi connectivity index (χ1) is 9.36. The van der Waals surface area contributed by atoms with Gasteiger partial charge in [0, 0.05) is 26.8 Å². The zero-order valence-corrected chi connectivity index (χ0v) is 13.5. The van der Waals surface area contributed by atoms with Gasteiger partial charge in [0.1, 0.15) is 0 Å². The summed E-state index contributed by atoms with van der Waals surface area (Å²) in [4.78, 5) is 13.5. The van der Waals surface area contributed by atoms with Gasteiger partial charge in [0.25, 0.3) is 5.91 Å². The van der Waals surface area contributed by atoms with E-state index in [1.165, 1.54) is 0 Å². The zero-order valence-electron chi connectivity index (χ0n) is 12.7. The van der Waals surface area contributed by atoms with Gasteiger partial charge in [0.05, 0.1) is 23.4 Å². The van der Waals surface area contributed by atoms with Gasteiger partial charge in [0.2, 0.25) is 0 Å². The highest BCUT2D eigenvalue weighted by Gasteiger charge is 2.16. The molecule has 0 saturated heterocycles. The number of rotatable bonds is 6. The highest BCUT2D eigenvalue weighted by atomic mass is 35.5. The Hall–Kier alpha value is -1.26. The van der Waals surface area contributed by atoms with Crippen LogP contribution >= 0.6 is 11.6 Å². The molecule has 20 heavy (non-hydrogen) atoms. The van der Waals surface area contributed by atoms with E-state index in [2.05, 4.69) is 19.2 Å². The molecule has 1 aromatic carbocycles. The van der Waals surface area contributed by atoms with Crippen molar-refractivity contribution >= 4 is 23.2 Å². The molecule has 0 fully saturated rings. The standard InChI is InChI=1S/C15H23ClN2O2/c1-10(2)14(9-20-5)17-13-8-11(6-7-12(13)16)15(19)18(3)4/h6-8,10,14,17H,9H2,1-5H3. The van der Waals surface area contributed by atoms with Crippen molar-refractivity contribution in [2.75, 3.05) is 33.1 Å². The Morgan fingerprint density at radius 1 is 1.40 bits per heavy atom. The lowest BCUT2D eigenvalue weighted by Gasteiger charge is -2.24. The third-order valence-corrected chi connectivity index (χ3v) is 3.44.